The summed E-state index contributed by atoms with van der Waals surface area (Å²) < 4.78 is 0. The summed E-state index contributed by atoms with van der Waals surface area (Å²) in [7, 11) is 1.81. The average Bonchev–Trinajstić information content (AvgIpc) is 2.35. The number of nitrogens with one attached hydrogen (secondary N) is 1. The van der Waals surface area contributed by atoms with Crippen LogP contribution >= 0.6 is 0 Å². The summed E-state index contributed by atoms with van der Waals surface area (Å²) in [6, 6.07) is 8.22. The number of rotatable bonds is 5. The molecule has 0 aromatic heterocycles. The Labute approximate surface area is 104 Å². The van der Waals surface area contributed by atoms with Gasteiger partial charge in [0.2, 0.25) is 5.91 Å². The molecule has 1 N–H and O–H groups in total. The third kappa shape index (κ3) is 4.10. The lowest BCUT2D eigenvalue weighted by Gasteiger charge is -2.16. The number of nitrogens with zero attached hydrogens (tertiary/aromatic N) is 1. The number of benzene rings is 1. The minimum absolute atomic E-state index is 0.113. The van der Waals surface area contributed by atoms with Gasteiger partial charge < -0.3 is 10.2 Å². The van der Waals surface area contributed by atoms with E-state index in [0.29, 0.717) is 12.5 Å². The van der Waals surface area contributed by atoms with E-state index in [-0.39, 0.29) is 5.91 Å². The highest BCUT2D eigenvalue weighted by atomic mass is 16.2. The zero-order chi connectivity index (χ0) is 12.8. The molecule has 0 bridgehead atoms. The first-order valence-electron chi connectivity index (χ1n) is 6.12. The van der Waals surface area contributed by atoms with Crippen molar-refractivity contribution in [2.24, 2.45) is 0 Å². The Kier molecular flexibility index (Phi) is 5.01. The standard InChI is InChI=1S/C14H22N2O/c1-5-16(4)14(17)10-15-13-8-6-7-12(9-13)11(2)3/h6-9,11,15H,5,10H2,1-4H3. The maximum atomic E-state index is 11.6. The summed E-state index contributed by atoms with van der Waals surface area (Å²) >= 11 is 0. The van der Waals surface area contributed by atoms with Gasteiger partial charge in [-0.25, -0.2) is 0 Å². The lowest BCUT2D eigenvalue weighted by Crippen LogP contribution is -2.31. The van der Waals surface area contributed by atoms with E-state index in [4.69, 9.17) is 0 Å². The fourth-order valence-electron chi connectivity index (χ4n) is 1.50. The van der Waals surface area contributed by atoms with E-state index in [9.17, 15) is 4.79 Å². The summed E-state index contributed by atoms with van der Waals surface area (Å²) in [4.78, 5) is 13.3. The molecule has 0 spiro atoms. The second-order valence-corrected chi connectivity index (χ2v) is 4.54. The van der Waals surface area contributed by atoms with Crippen molar-refractivity contribution >= 4 is 11.6 Å². The Balaban J connectivity index is 2.57. The van der Waals surface area contributed by atoms with Crippen molar-refractivity contribution in [2.75, 3.05) is 25.5 Å². The van der Waals surface area contributed by atoms with Crippen LogP contribution in [0.5, 0.6) is 0 Å². The lowest BCUT2D eigenvalue weighted by molar-refractivity contribution is -0.127. The summed E-state index contributed by atoms with van der Waals surface area (Å²) in [6.45, 7) is 7.39. The summed E-state index contributed by atoms with van der Waals surface area (Å²) in [5.41, 5.74) is 2.29. The maximum absolute atomic E-state index is 11.6. The van der Waals surface area contributed by atoms with Gasteiger partial charge >= 0.3 is 0 Å². The van der Waals surface area contributed by atoms with Gasteiger partial charge in [-0.15, -0.1) is 0 Å². The van der Waals surface area contributed by atoms with Crippen molar-refractivity contribution in [2.45, 2.75) is 26.7 Å². The van der Waals surface area contributed by atoms with Gasteiger partial charge in [0, 0.05) is 19.3 Å². The molecule has 1 aromatic rings. The molecule has 3 nitrogen and oxygen atoms in total. The second kappa shape index (κ2) is 6.28. The molecular formula is C14H22N2O. The minimum atomic E-state index is 0.113. The van der Waals surface area contributed by atoms with E-state index in [2.05, 4.69) is 31.3 Å². The normalized spacial score (nSPS) is 10.4. The van der Waals surface area contributed by atoms with Crippen LogP contribution in [0.2, 0.25) is 0 Å². The third-order valence-corrected chi connectivity index (χ3v) is 2.90. The first kappa shape index (κ1) is 13.6. The number of carbonyl (C=O) groups excluding carboxylic acids is 1. The molecule has 0 unspecified atom stereocenters. The van der Waals surface area contributed by atoms with Crippen molar-refractivity contribution in [3.8, 4) is 0 Å². The van der Waals surface area contributed by atoms with Gasteiger partial charge in [-0.05, 0) is 30.5 Å². The van der Waals surface area contributed by atoms with E-state index in [1.165, 1.54) is 5.56 Å². The minimum Gasteiger partial charge on any atom is -0.376 e. The van der Waals surface area contributed by atoms with Crippen molar-refractivity contribution in [1.82, 2.24) is 4.90 Å². The molecule has 1 rings (SSSR count). The first-order chi connectivity index (χ1) is 8.04. The van der Waals surface area contributed by atoms with E-state index in [1.54, 1.807) is 4.90 Å². The maximum Gasteiger partial charge on any atom is 0.241 e. The van der Waals surface area contributed by atoms with E-state index in [1.807, 2.05) is 26.1 Å². The fourth-order valence-corrected chi connectivity index (χ4v) is 1.50. The third-order valence-electron chi connectivity index (χ3n) is 2.90. The number of likely N-dealkylation sites (N-methyl/N-ethyl adjacent to an activating group) is 1. The predicted octanol–water partition coefficient (Wildman–Crippen LogP) is 2.70. The van der Waals surface area contributed by atoms with Crippen molar-refractivity contribution in [1.29, 1.82) is 0 Å². The largest absolute Gasteiger partial charge is 0.376 e. The van der Waals surface area contributed by atoms with Gasteiger partial charge in [0.1, 0.15) is 0 Å². The van der Waals surface area contributed by atoms with Gasteiger partial charge in [0.15, 0.2) is 0 Å². The zero-order valence-electron chi connectivity index (χ0n) is 11.2. The number of hydrogen-bond donors (Lipinski definition) is 1. The first-order valence-corrected chi connectivity index (χ1v) is 6.12. The highest BCUT2D eigenvalue weighted by molar-refractivity contribution is 5.80. The quantitative estimate of drug-likeness (QED) is 0.849. The van der Waals surface area contributed by atoms with Gasteiger partial charge in [-0.1, -0.05) is 26.0 Å². The van der Waals surface area contributed by atoms with Crippen LogP contribution in [0, 0.1) is 0 Å². The summed E-state index contributed by atoms with van der Waals surface area (Å²) in [5.74, 6) is 0.619. The Bertz CT molecular complexity index is 374. The van der Waals surface area contributed by atoms with E-state index in [0.717, 1.165) is 12.2 Å². The topological polar surface area (TPSA) is 32.3 Å². The fraction of sp³-hybridized carbons (Fsp3) is 0.500. The Morgan fingerprint density at radius 3 is 2.71 bits per heavy atom. The zero-order valence-corrected chi connectivity index (χ0v) is 11.2. The Morgan fingerprint density at radius 2 is 2.12 bits per heavy atom. The SMILES string of the molecule is CCN(C)C(=O)CNc1cccc(C(C)C)c1. The summed E-state index contributed by atoms with van der Waals surface area (Å²) in [6.07, 6.45) is 0. The molecule has 0 saturated carbocycles. The number of anilines is 1. The van der Waals surface area contributed by atoms with Crippen LogP contribution < -0.4 is 5.32 Å². The van der Waals surface area contributed by atoms with Crippen molar-refractivity contribution < 1.29 is 4.79 Å². The number of hydrogen-bond acceptors (Lipinski definition) is 2. The van der Waals surface area contributed by atoms with Crippen LogP contribution in [0.3, 0.4) is 0 Å². The molecule has 17 heavy (non-hydrogen) atoms. The molecule has 3 heteroatoms. The molecule has 0 aliphatic carbocycles. The highest BCUT2D eigenvalue weighted by Gasteiger charge is 2.06. The number of amides is 1. The molecular weight excluding hydrogens is 212 g/mol. The van der Waals surface area contributed by atoms with Gasteiger partial charge in [-0.3, -0.25) is 4.79 Å². The molecule has 1 aromatic carbocycles. The monoisotopic (exact) mass is 234 g/mol. The van der Waals surface area contributed by atoms with Crippen LogP contribution in [0.15, 0.2) is 24.3 Å². The number of carbonyl (C=O) groups is 1. The predicted molar refractivity (Wildman–Crippen MR) is 72.3 cm³/mol. The van der Waals surface area contributed by atoms with Crippen LogP contribution in [-0.4, -0.2) is 30.9 Å². The van der Waals surface area contributed by atoms with E-state index >= 15 is 0 Å². The molecule has 0 aliphatic rings. The van der Waals surface area contributed by atoms with Crippen LogP contribution in [0.25, 0.3) is 0 Å². The van der Waals surface area contributed by atoms with Gasteiger partial charge in [-0.2, -0.15) is 0 Å². The second-order valence-electron chi connectivity index (χ2n) is 4.54. The average molecular weight is 234 g/mol. The van der Waals surface area contributed by atoms with Crippen molar-refractivity contribution in [3.05, 3.63) is 29.8 Å². The molecule has 0 fully saturated rings. The molecule has 1 amide bonds. The van der Waals surface area contributed by atoms with Crippen molar-refractivity contribution in [3.63, 3.8) is 0 Å². The Morgan fingerprint density at radius 1 is 1.41 bits per heavy atom. The van der Waals surface area contributed by atoms with Crippen LogP contribution in [0.4, 0.5) is 5.69 Å². The Hall–Kier alpha value is -1.51. The van der Waals surface area contributed by atoms with Crippen LogP contribution in [0.1, 0.15) is 32.3 Å². The molecule has 0 heterocycles. The molecule has 94 valence electrons. The van der Waals surface area contributed by atoms with Gasteiger partial charge in [0.05, 0.1) is 6.54 Å². The van der Waals surface area contributed by atoms with E-state index < -0.39 is 0 Å². The van der Waals surface area contributed by atoms with Gasteiger partial charge in [0.25, 0.3) is 0 Å². The molecule has 0 radical (unpaired) electrons. The highest BCUT2D eigenvalue weighted by Crippen LogP contribution is 2.18. The molecule has 0 saturated heterocycles. The lowest BCUT2D eigenvalue weighted by atomic mass is 10.0. The smallest absolute Gasteiger partial charge is 0.241 e. The van der Waals surface area contributed by atoms with Crippen LogP contribution in [-0.2, 0) is 4.79 Å². The summed E-state index contributed by atoms with van der Waals surface area (Å²) in [5, 5.41) is 3.16. The molecule has 0 aliphatic heterocycles. The molecule has 0 atom stereocenters.